The fourth-order valence-electron chi connectivity index (χ4n) is 1.14. The van der Waals surface area contributed by atoms with E-state index in [9.17, 15) is 9.59 Å². The van der Waals surface area contributed by atoms with Gasteiger partial charge in [0.15, 0.2) is 11.0 Å². The summed E-state index contributed by atoms with van der Waals surface area (Å²) in [4.78, 5) is 21.1. The molecular formula is C13H12ClNO4. The predicted octanol–water partition coefficient (Wildman–Crippen LogP) is 2.51. The molecule has 6 heteroatoms. The van der Waals surface area contributed by atoms with E-state index < -0.39 is 5.91 Å². The van der Waals surface area contributed by atoms with Gasteiger partial charge in [0.25, 0.3) is 5.91 Å². The van der Waals surface area contributed by atoms with Gasteiger partial charge in [-0.2, -0.15) is 0 Å². The van der Waals surface area contributed by atoms with Crippen LogP contribution in [0.5, 0.6) is 0 Å². The van der Waals surface area contributed by atoms with Crippen molar-refractivity contribution in [1.29, 1.82) is 0 Å². The number of hydrogen-bond donors (Lipinski definition) is 1. The normalized spacial score (nSPS) is 9.16. The van der Waals surface area contributed by atoms with Gasteiger partial charge in [-0.1, -0.05) is 18.2 Å². The number of amides is 1. The average molecular weight is 282 g/mol. The molecule has 0 saturated heterocycles. The third-order valence-electron chi connectivity index (χ3n) is 2.01. The number of benzene rings is 1. The molecule has 0 aliphatic carbocycles. The summed E-state index contributed by atoms with van der Waals surface area (Å²) in [7, 11) is 1.37. The molecule has 1 amide bonds. The molecule has 0 saturated carbocycles. The average Bonchev–Trinajstić information content (AvgIpc) is 2.86. The first kappa shape index (κ1) is 14.8. The molecule has 0 bridgehead atoms. The van der Waals surface area contributed by atoms with Crippen LogP contribution >= 0.6 is 11.6 Å². The van der Waals surface area contributed by atoms with Crippen LogP contribution in [-0.4, -0.2) is 19.0 Å². The Morgan fingerprint density at radius 1 is 1.16 bits per heavy atom. The van der Waals surface area contributed by atoms with E-state index in [-0.39, 0.29) is 16.9 Å². The van der Waals surface area contributed by atoms with Crippen molar-refractivity contribution < 1.29 is 18.7 Å². The molecule has 5 nitrogen and oxygen atoms in total. The Morgan fingerprint density at radius 2 is 1.79 bits per heavy atom. The SMILES string of the molecule is COC(=O)c1ccccc1.NC(=O)c1ccc(Cl)o1. The summed E-state index contributed by atoms with van der Waals surface area (Å²) in [6.45, 7) is 0. The largest absolute Gasteiger partial charge is 0.465 e. The molecule has 1 aromatic heterocycles. The lowest BCUT2D eigenvalue weighted by Crippen LogP contribution is -2.08. The third kappa shape index (κ3) is 4.85. The maximum absolute atomic E-state index is 10.8. The van der Waals surface area contributed by atoms with Crippen molar-refractivity contribution in [3.63, 3.8) is 0 Å². The number of halogens is 1. The zero-order valence-corrected chi connectivity index (χ0v) is 10.9. The molecular weight excluding hydrogens is 270 g/mol. The highest BCUT2D eigenvalue weighted by molar-refractivity contribution is 6.29. The maximum Gasteiger partial charge on any atom is 0.337 e. The minimum atomic E-state index is -0.609. The molecule has 0 aliphatic heterocycles. The second-order valence-corrected chi connectivity index (χ2v) is 3.70. The fraction of sp³-hybridized carbons (Fsp3) is 0.0769. The molecule has 1 heterocycles. The quantitative estimate of drug-likeness (QED) is 0.857. The first-order chi connectivity index (χ1) is 9.04. The molecule has 0 unspecified atom stereocenters. The number of esters is 1. The van der Waals surface area contributed by atoms with Crippen LogP contribution in [0.1, 0.15) is 20.9 Å². The first-order valence-electron chi connectivity index (χ1n) is 5.23. The summed E-state index contributed by atoms with van der Waals surface area (Å²) >= 11 is 5.33. The Bertz CT molecular complexity index is 551. The molecule has 0 fully saturated rings. The van der Waals surface area contributed by atoms with E-state index in [1.54, 1.807) is 24.3 Å². The van der Waals surface area contributed by atoms with E-state index in [2.05, 4.69) is 9.15 Å². The van der Waals surface area contributed by atoms with Crippen molar-refractivity contribution in [2.24, 2.45) is 5.73 Å². The topological polar surface area (TPSA) is 82.5 Å². The molecule has 2 rings (SSSR count). The third-order valence-corrected chi connectivity index (χ3v) is 2.21. The number of methoxy groups -OCH3 is 1. The molecule has 1 aromatic carbocycles. The Morgan fingerprint density at radius 3 is 2.16 bits per heavy atom. The van der Waals surface area contributed by atoms with Gasteiger partial charge in [0.1, 0.15) is 0 Å². The Balaban J connectivity index is 0.000000191. The van der Waals surface area contributed by atoms with Crippen molar-refractivity contribution >= 4 is 23.5 Å². The number of rotatable bonds is 2. The number of furan rings is 1. The second-order valence-electron chi connectivity index (χ2n) is 3.33. The standard InChI is InChI=1S/C8H8O2.C5H4ClNO2/c1-10-8(9)7-5-3-2-4-6-7;6-4-2-1-3(9-4)5(7)8/h2-6H,1H3;1-2H,(H2,7,8). The van der Waals surface area contributed by atoms with Crippen LogP contribution in [-0.2, 0) is 4.74 Å². The van der Waals surface area contributed by atoms with Crippen LogP contribution in [0.15, 0.2) is 46.9 Å². The van der Waals surface area contributed by atoms with Gasteiger partial charge in [0.05, 0.1) is 12.7 Å². The molecule has 0 radical (unpaired) electrons. The molecule has 0 aliphatic rings. The summed E-state index contributed by atoms with van der Waals surface area (Å²) < 4.78 is 9.13. The van der Waals surface area contributed by atoms with Gasteiger partial charge in [-0.3, -0.25) is 4.79 Å². The van der Waals surface area contributed by atoms with E-state index >= 15 is 0 Å². The molecule has 100 valence electrons. The van der Waals surface area contributed by atoms with Crippen LogP contribution in [0, 0.1) is 0 Å². The summed E-state index contributed by atoms with van der Waals surface area (Å²) in [6.07, 6.45) is 0. The lowest BCUT2D eigenvalue weighted by Gasteiger charge is -1.95. The van der Waals surface area contributed by atoms with Crippen molar-refractivity contribution in [1.82, 2.24) is 0 Å². The van der Waals surface area contributed by atoms with E-state index in [1.807, 2.05) is 6.07 Å². The monoisotopic (exact) mass is 281 g/mol. The summed E-state index contributed by atoms with van der Waals surface area (Å²) in [6, 6.07) is 11.8. The Hall–Kier alpha value is -2.27. The van der Waals surface area contributed by atoms with Crippen LogP contribution < -0.4 is 5.73 Å². The molecule has 2 N–H and O–H groups in total. The van der Waals surface area contributed by atoms with Crippen LogP contribution in [0.2, 0.25) is 5.22 Å². The van der Waals surface area contributed by atoms with Crippen LogP contribution in [0.3, 0.4) is 0 Å². The van der Waals surface area contributed by atoms with Crippen LogP contribution in [0.4, 0.5) is 0 Å². The van der Waals surface area contributed by atoms with E-state index in [0.717, 1.165) is 0 Å². The number of carbonyl (C=O) groups is 2. The number of primary amides is 1. The maximum atomic E-state index is 10.8. The lowest BCUT2D eigenvalue weighted by molar-refractivity contribution is 0.0600. The predicted molar refractivity (Wildman–Crippen MR) is 70.0 cm³/mol. The summed E-state index contributed by atoms with van der Waals surface area (Å²) in [5, 5.41) is 0.170. The molecule has 0 atom stereocenters. The number of carbonyl (C=O) groups excluding carboxylic acids is 2. The number of hydrogen-bond acceptors (Lipinski definition) is 4. The van der Waals surface area contributed by atoms with Gasteiger partial charge >= 0.3 is 5.97 Å². The van der Waals surface area contributed by atoms with E-state index in [0.29, 0.717) is 5.56 Å². The van der Waals surface area contributed by atoms with Crippen LogP contribution in [0.25, 0.3) is 0 Å². The van der Waals surface area contributed by atoms with E-state index in [1.165, 1.54) is 19.2 Å². The van der Waals surface area contributed by atoms with Crippen molar-refractivity contribution in [2.45, 2.75) is 0 Å². The Kier molecular flexibility index (Phi) is 5.63. The Labute approximate surface area is 114 Å². The molecule has 0 spiro atoms. The lowest BCUT2D eigenvalue weighted by atomic mass is 10.2. The number of ether oxygens (including phenoxy) is 1. The van der Waals surface area contributed by atoms with E-state index in [4.69, 9.17) is 17.3 Å². The van der Waals surface area contributed by atoms with Gasteiger partial charge in [0.2, 0.25) is 0 Å². The van der Waals surface area contributed by atoms with Crippen molar-refractivity contribution in [3.05, 3.63) is 59.0 Å². The van der Waals surface area contributed by atoms with Crippen molar-refractivity contribution in [3.8, 4) is 0 Å². The summed E-state index contributed by atoms with van der Waals surface area (Å²) in [5.74, 6) is -0.817. The minimum absolute atomic E-state index is 0.0833. The second kappa shape index (κ2) is 7.23. The van der Waals surface area contributed by atoms with Gasteiger partial charge in [-0.25, -0.2) is 4.79 Å². The first-order valence-corrected chi connectivity index (χ1v) is 5.61. The highest BCUT2D eigenvalue weighted by Crippen LogP contribution is 2.11. The summed E-state index contributed by atoms with van der Waals surface area (Å²) in [5.41, 5.74) is 5.42. The van der Waals surface area contributed by atoms with Crippen molar-refractivity contribution in [2.75, 3.05) is 7.11 Å². The van der Waals surface area contributed by atoms with Gasteiger partial charge in [-0.15, -0.1) is 0 Å². The highest BCUT2D eigenvalue weighted by Gasteiger charge is 2.03. The molecule has 19 heavy (non-hydrogen) atoms. The van der Waals surface area contributed by atoms with Gasteiger partial charge in [0, 0.05) is 0 Å². The fourth-order valence-corrected chi connectivity index (χ4v) is 1.28. The van der Waals surface area contributed by atoms with Gasteiger partial charge < -0.3 is 14.9 Å². The number of nitrogens with two attached hydrogens (primary N) is 1. The zero-order chi connectivity index (χ0) is 14.3. The minimum Gasteiger partial charge on any atom is -0.465 e. The molecule has 2 aromatic rings. The van der Waals surface area contributed by atoms with Gasteiger partial charge in [-0.05, 0) is 35.9 Å². The highest BCUT2D eigenvalue weighted by atomic mass is 35.5. The zero-order valence-electron chi connectivity index (χ0n) is 10.1. The smallest absolute Gasteiger partial charge is 0.337 e.